The Bertz CT molecular complexity index is 1300. The van der Waals surface area contributed by atoms with Gasteiger partial charge < -0.3 is 21.1 Å². The van der Waals surface area contributed by atoms with Gasteiger partial charge in [-0.2, -0.15) is 0 Å². The maximum absolute atomic E-state index is 9.89. The summed E-state index contributed by atoms with van der Waals surface area (Å²) in [6, 6.07) is 15.6. The van der Waals surface area contributed by atoms with Crippen LogP contribution in [-0.4, -0.2) is 34.2 Å². The highest BCUT2D eigenvalue weighted by molar-refractivity contribution is 6.37. The number of nitrogens with two attached hydrogens (primary N) is 1. The molecule has 1 fully saturated rings. The van der Waals surface area contributed by atoms with E-state index >= 15 is 0 Å². The largest absolute Gasteiger partial charge is 0.505 e. The SMILES string of the molecule is NC1CCN(c2cc(Nc3ccnc4ccc(-c5cc(Cl)c(O)c(Cl)c5)cc34)ccn2)CC1. The highest BCUT2D eigenvalue weighted by Gasteiger charge is 2.17. The Balaban J connectivity index is 1.48. The van der Waals surface area contributed by atoms with Crippen LogP contribution in [0.15, 0.2) is 60.9 Å². The molecule has 0 amide bonds. The molecule has 3 heterocycles. The molecule has 168 valence electrons. The van der Waals surface area contributed by atoms with Crippen LogP contribution in [0.4, 0.5) is 17.2 Å². The molecule has 4 aromatic rings. The molecule has 0 radical (unpaired) electrons. The number of benzene rings is 2. The van der Waals surface area contributed by atoms with E-state index in [1.807, 2.05) is 36.5 Å². The van der Waals surface area contributed by atoms with Crippen LogP contribution >= 0.6 is 23.2 Å². The van der Waals surface area contributed by atoms with Crippen LogP contribution in [0.3, 0.4) is 0 Å². The van der Waals surface area contributed by atoms with E-state index in [0.29, 0.717) is 0 Å². The van der Waals surface area contributed by atoms with Crippen LogP contribution in [0.1, 0.15) is 12.8 Å². The molecule has 1 aliphatic heterocycles. The summed E-state index contributed by atoms with van der Waals surface area (Å²) in [7, 11) is 0. The standard InChI is InChI=1S/C25H23Cl2N5O/c26-20-12-16(13-21(27)25(20)33)15-1-2-22-19(11-15)23(4-8-29-22)31-18-3-7-30-24(14-18)32-9-5-17(28)6-10-32/h1-4,7-8,11-14,17,33H,5-6,9-10,28H2,(H,29,30,31). The highest BCUT2D eigenvalue weighted by Crippen LogP contribution is 2.38. The second kappa shape index (κ2) is 9.06. The lowest BCUT2D eigenvalue weighted by atomic mass is 10.0. The number of phenolic OH excluding ortho intramolecular Hbond substituents is 1. The average Bonchev–Trinajstić information content (AvgIpc) is 2.83. The Morgan fingerprint density at radius 3 is 2.39 bits per heavy atom. The van der Waals surface area contributed by atoms with E-state index in [4.69, 9.17) is 28.9 Å². The van der Waals surface area contributed by atoms with E-state index in [1.165, 1.54) is 0 Å². The Hall–Kier alpha value is -3.06. The summed E-state index contributed by atoms with van der Waals surface area (Å²) in [4.78, 5) is 11.3. The lowest BCUT2D eigenvalue weighted by molar-refractivity contribution is 0.476. The summed E-state index contributed by atoms with van der Waals surface area (Å²) in [6.07, 6.45) is 5.55. The number of nitrogens with one attached hydrogen (secondary N) is 1. The van der Waals surface area contributed by atoms with Crippen LogP contribution in [0, 0.1) is 0 Å². The van der Waals surface area contributed by atoms with E-state index in [9.17, 15) is 5.11 Å². The van der Waals surface area contributed by atoms with Crippen molar-refractivity contribution in [1.29, 1.82) is 0 Å². The molecule has 6 nitrogen and oxygen atoms in total. The Morgan fingerprint density at radius 1 is 0.909 bits per heavy atom. The van der Waals surface area contributed by atoms with Gasteiger partial charge in [0.1, 0.15) is 5.82 Å². The van der Waals surface area contributed by atoms with Crippen molar-refractivity contribution in [3.8, 4) is 16.9 Å². The molecular formula is C25H23Cl2N5O. The summed E-state index contributed by atoms with van der Waals surface area (Å²) in [5.74, 6) is 0.829. The fraction of sp³-hybridized carbons (Fsp3) is 0.200. The first-order chi connectivity index (χ1) is 16.0. The van der Waals surface area contributed by atoms with Gasteiger partial charge in [0.15, 0.2) is 5.75 Å². The zero-order valence-electron chi connectivity index (χ0n) is 17.8. The molecule has 1 aliphatic rings. The fourth-order valence-electron chi connectivity index (χ4n) is 4.12. The molecule has 0 saturated carbocycles. The Morgan fingerprint density at radius 2 is 1.64 bits per heavy atom. The molecule has 2 aromatic heterocycles. The van der Waals surface area contributed by atoms with Gasteiger partial charge in [-0.15, -0.1) is 0 Å². The van der Waals surface area contributed by atoms with Gasteiger partial charge in [-0.05, 0) is 60.4 Å². The molecule has 2 aromatic carbocycles. The number of halogens is 2. The van der Waals surface area contributed by atoms with Gasteiger partial charge in [0, 0.05) is 54.4 Å². The molecule has 0 atom stereocenters. The predicted octanol–water partition coefficient (Wildman–Crippen LogP) is 5.98. The lowest BCUT2D eigenvalue weighted by Crippen LogP contribution is -2.40. The molecule has 33 heavy (non-hydrogen) atoms. The van der Waals surface area contributed by atoms with Gasteiger partial charge in [-0.3, -0.25) is 4.98 Å². The number of hydrogen-bond acceptors (Lipinski definition) is 6. The summed E-state index contributed by atoms with van der Waals surface area (Å²) >= 11 is 12.3. The molecule has 0 bridgehead atoms. The average molecular weight is 480 g/mol. The van der Waals surface area contributed by atoms with E-state index in [2.05, 4.69) is 26.3 Å². The first kappa shape index (κ1) is 21.8. The lowest BCUT2D eigenvalue weighted by Gasteiger charge is -2.31. The van der Waals surface area contributed by atoms with Gasteiger partial charge in [0.05, 0.1) is 15.6 Å². The van der Waals surface area contributed by atoms with Crippen molar-refractivity contribution in [3.05, 3.63) is 71.0 Å². The fourth-order valence-corrected chi connectivity index (χ4v) is 4.61. The van der Waals surface area contributed by atoms with Crippen LogP contribution in [0.2, 0.25) is 10.0 Å². The van der Waals surface area contributed by atoms with Crippen molar-refractivity contribution in [1.82, 2.24) is 9.97 Å². The molecule has 4 N–H and O–H groups in total. The van der Waals surface area contributed by atoms with Gasteiger partial charge in [0.2, 0.25) is 0 Å². The minimum atomic E-state index is -0.115. The molecule has 0 spiro atoms. The van der Waals surface area contributed by atoms with Crippen LogP contribution < -0.4 is 16.0 Å². The van der Waals surface area contributed by atoms with Crippen LogP contribution in [0.5, 0.6) is 5.75 Å². The van der Waals surface area contributed by atoms with E-state index < -0.39 is 0 Å². The summed E-state index contributed by atoms with van der Waals surface area (Å²) in [6.45, 7) is 1.83. The number of phenols is 1. The number of aromatic nitrogens is 2. The van der Waals surface area contributed by atoms with Gasteiger partial charge in [-0.1, -0.05) is 29.3 Å². The number of hydrogen-bond donors (Lipinski definition) is 3. The quantitative estimate of drug-likeness (QED) is 0.333. The van der Waals surface area contributed by atoms with Gasteiger partial charge in [0.25, 0.3) is 0 Å². The number of pyridine rings is 2. The summed E-state index contributed by atoms with van der Waals surface area (Å²) in [5.41, 5.74) is 10.5. The van der Waals surface area contributed by atoms with Crippen molar-refractivity contribution in [2.24, 2.45) is 5.73 Å². The second-order valence-corrected chi connectivity index (χ2v) is 9.05. The van der Waals surface area contributed by atoms with Crippen molar-refractivity contribution >= 4 is 51.3 Å². The Labute approximate surface area is 202 Å². The first-order valence-corrected chi connectivity index (χ1v) is 11.5. The number of piperidine rings is 1. The monoisotopic (exact) mass is 479 g/mol. The van der Waals surface area contributed by atoms with E-state index in [-0.39, 0.29) is 21.8 Å². The third kappa shape index (κ3) is 4.55. The molecular weight excluding hydrogens is 457 g/mol. The minimum absolute atomic E-state index is 0.115. The summed E-state index contributed by atoms with van der Waals surface area (Å²) in [5, 5.41) is 14.8. The topological polar surface area (TPSA) is 87.3 Å². The number of nitrogens with zero attached hydrogens (tertiary/aromatic N) is 3. The molecule has 0 aliphatic carbocycles. The van der Waals surface area contributed by atoms with Crippen LogP contribution in [-0.2, 0) is 0 Å². The number of anilines is 3. The molecule has 5 rings (SSSR count). The van der Waals surface area contributed by atoms with E-state index in [1.54, 1.807) is 18.3 Å². The summed E-state index contributed by atoms with van der Waals surface area (Å²) < 4.78 is 0. The highest BCUT2D eigenvalue weighted by atomic mass is 35.5. The smallest absolute Gasteiger partial charge is 0.152 e. The normalized spacial score (nSPS) is 14.6. The number of aromatic hydroxyl groups is 1. The maximum atomic E-state index is 9.89. The third-order valence-electron chi connectivity index (χ3n) is 5.98. The van der Waals surface area contributed by atoms with E-state index in [0.717, 1.165) is 65.2 Å². The van der Waals surface area contributed by atoms with Crippen molar-refractivity contribution in [2.45, 2.75) is 18.9 Å². The van der Waals surface area contributed by atoms with Gasteiger partial charge >= 0.3 is 0 Å². The number of fused-ring (bicyclic) bond motifs is 1. The first-order valence-electron chi connectivity index (χ1n) is 10.8. The van der Waals surface area contributed by atoms with Crippen molar-refractivity contribution < 1.29 is 5.11 Å². The van der Waals surface area contributed by atoms with Crippen molar-refractivity contribution in [3.63, 3.8) is 0 Å². The van der Waals surface area contributed by atoms with Crippen molar-refractivity contribution in [2.75, 3.05) is 23.3 Å². The van der Waals surface area contributed by atoms with Gasteiger partial charge in [-0.25, -0.2) is 4.98 Å². The minimum Gasteiger partial charge on any atom is -0.505 e. The Kier molecular flexibility index (Phi) is 5.98. The van der Waals surface area contributed by atoms with Crippen LogP contribution in [0.25, 0.3) is 22.0 Å². The predicted molar refractivity (Wildman–Crippen MR) is 136 cm³/mol. The molecule has 8 heteroatoms. The number of rotatable bonds is 4. The maximum Gasteiger partial charge on any atom is 0.152 e. The molecule has 0 unspecified atom stereocenters. The zero-order valence-corrected chi connectivity index (χ0v) is 19.3. The second-order valence-electron chi connectivity index (χ2n) is 8.23. The third-order valence-corrected chi connectivity index (χ3v) is 6.56. The molecule has 1 saturated heterocycles. The zero-order chi connectivity index (χ0) is 22.9.